The molecule has 126 valence electrons. The third-order valence-corrected chi connectivity index (χ3v) is 5.89. The molecule has 2 saturated heterocycles. The molecule has 0 radical (unpaired) electrons. The van der Waals surface area contributed by atoms with Gasteiger partial charge in [-0.3, -0.25) is 9.69 Å². The number of nitrogens with zero attached hydrogens (tertiary/aromatic N) is 2. The van der Waals surface area contributed by atoms with Gasteiger partial charge < -0.3 is 10.2 Å². The standard InChI is InChI=1S/C18H33N3O/c22-18(14-16-4-2-1-3-5-16)21-12-10-20(11-13-21)15-17-6-8-19-9-7-17/h16-17,19H,1-15H2. The average molecular weight is 307 g/mol. The molecule has 1 saturated carbocycles. The average Bonchev–Trinajstić information content (AvgIpc) is 2.57. The normalized spacial score (nSPS) is 26.3. The molecule has 0 unspecified atom stereocenters. The van der Waals surface area contributed by atoms with E-state index in [0.717, 1.165) is 38.5 Å². The molecule has 0 aromatic carbocycles. The lowest BCUT2D eigenvalue weighted by atomic mass is 9.86. The van der Waals surface area contributed by atoms with Gasteiger partial charge in [0.05, 0.1) is 0 Å². The van der Waals surface area contributed by atoms with E-state index in [1.807, 2.05) is 0 Å². The summed E-state index contributed by atoms with van der Waals surface area (Å²) >= 11 is 0. The van der Waals surface area contributed by atoms with Crippen LogP contribution in [0.1, 0.15) is 51.4 Å². The van der Waals surface area contributed by atoms with Crippen LogP contribution in [0.4, 0.5) is 0 Å². The molecular formula is C18H33N3O. The van der Waals surface area contributed by atoms with E-state index in [1.165, 1.54) is 64.6 Å². The van der Waals surface area contributed by atoms with Gasteiger partial charge in [-0.05, 0) is 50.6 Å². The van der Waals surface area contributed by atoms with Gasteiger partial charge in [0.25, 0.3) is 0 Å². The van der Waals surface area contributed by atoms with Gasteiger partial charge in [0.2, 0.25) is 5.91 Å². The Morgan fingerprint density at radius 2 is 1.55 bits per heavy atom. The third-order valence-electron chi connectivity index (χ3n) is 5.89. The zero-order valence-corrected chi connectivity index (χ0v) is 14.1. The van der Waals surface area contributed by atoms with Gasteiger partial charge in [-0.1, -0.05) is 19.3 Å². The van der Waals surface area contributed by atoms with E-state index >= 15 is 0 Å². The van der Waals surface area contributed by atoms with Gasteiger partial charge in [0.15, 0.2) is 0 Å². The lowest BCUT2D eigenvalue weighted by Crippen LogP contribution is -2.50. The first-order valence-electron chi connectivity index (χ1n) is 9.52. The molecule has 3 aliphatic rings. The number of hydrogen-bond acceptors (Lipinski definition) is 3. The van der Waals surface area contributed by atoms with Gasteiger partial charge in [0.1, 0.15) is 0 Å². The quantitative estimate of drug-likeness (QED) is 0.864. The summed E-state index contributed by atoms with van der Waals surface area (Å²) < 4.78 is 0. The van der Waals surface area contributed by atoms with Crippen LogP contribution in [-0.4, -0.2) is 61.5 Å². The van der Waals surface area contributed by atoms with Crippen LogP contribution in [0.3, 0.4) is 0 Å². The molecule has 1 amide bonds. The fourth-order valence-electron chi connectivity index (χ4n) is 4.38. The maximum absolute atomic E-state index is 12.5. The lowest BCUT2D eigenvalue weighted by molar-refractivity contribution is -0.134. The van der Waals surface area contributed by atoms with Crippen LogP contribution in [0.2, 0.25) is 0 Å². The van der Waals surface area contributed by atoms with Crippen LogP contribution in [-0.2, 0) is 4.79 Å². The van der Waals surface area contributed by atoms with E-state index in [1.54, 1.807) is 0 Å². The fraction of sp³-hybridized carbons (Fsp3) is 0.944. The van der Waals surface area contributed by atoms with Crippen molar-refractivity contribution in [2.24, 2.45) is 11.8 Å². The minimum Gasteiger partial charge on any atom is -0.340 e. The van der Waals surface area contributed by atoms with Crippen LogP contribution in [0.15, 0.2) is 0 Å². The van der Waals surface area contributed by atoms with Crippen molar-refractivity contribution >= 4 is 5.91 Å². The summed E-state index contributed by atoms with van der Waals surface area (Å²) in [5.41, 5.74) is 0. The minimum atomic E-state index is 0.424. The van der Waals surface area contributed by atoms with E-state index < -0.39 is 0 Å². The molecule has 3 fully saturated rings. The molecule has 22 heavy (non-hydrogen) atoms. The predicted octanol–water partition coefficient (Wildman–Crippen LogP) is 2.10. The Morgan fingerprint density at radius 1 is 0.864 bits per heavy atom. The van der Waals surface area contributed by atoms with Crippen molar-refractivity contribution in [1.29, 1.82) is 0 Å². The Bertz CT molecular complexity index is 340. The van der Waals surface area contributed by atoms with Crippen molar-refractivity contribution in [2.45, 2.75) is 51.4 Å². The highest BCUT2D eigenvalue weighted by Gasteiger charge is 2.25. The highest BCUT2D eigenvalue weighted by Crippen LogP contribution is 2.27. The highest BCUT2D eigenvalue weighted by molar-refractivity contribution is 5.76. The van der Waals surface area contributed by atoms with Crippen LogP contribution in [0, 0.1) is 11.8 Å². The van der Waals surface area contributed by atoms with Crippen LogP contribution in [0.25, 0.3) is 0 Å². The number of hydrogen-bond donors (Lipinski definition) is 1. The predicted molar refractivity (Wildman–Crippen MR) is 89.8 cm³/mol. The maximum Gasteiger partial charge on any atom is 0.222 e. The summed E-state index contributed by atoms with van der Waals surface area (Å²) in [6, 6.07) is 0. The summed E-state index contributed by atoms with van der Waals surface area (Å²) in [4.78, 5) is 17.2. The smallest absolute Gasteiger partial charge is 0.222 e. The Balaban J connectivity index is 1.36. The largest absolute Gasteiger partial charge is 0.340 e. The molecule has 4 heteroatoms. The number of carbonyl (C=O) groups excluding carboxylic acids is 1. The number of piperidine rings is 1. The van der Waals surface area contributed by atoms with Gasteiger partial charge in [0, 0.05) is 39.1 Å². The monoisotopic (exact) mass is 307 g/mol. The topological polar surface area (TPSA) is 35.6 Å². The molecule has 0 bridgehead atoms. The third kappa shape index (κ3) is 4.69. The van der Waals surface area contributed by atoms with E-state index in [4.69, 9.17) is 0 Å². The summed E-state index contributed by atoms with van der Waals surface area (Å²) in [5, 5.41) is 3.44. The van der Waals surface area contributed by atoms with E-state index in [0.29, 0.717) is 11.8 Å². The zero-order valence-electron chi connectivity index (χ0n) is 14.1. The molecule has 3 rings (SSSR count). The molecule has 0 spiro atoms. The number of carbonyl (C=O) groups is 1. The van der Waals surface area contributed by atoms with E-state index in [-0.39, 0.29) is 0 Å². The number of rotatable bonds is 4. The summed E-state index contributed by atoms with van der Waals surface area (Å²) in [5.74, 6) is 1.97. The molecule has 4 nitrogen and oxygen atoms in total. The van der Waals surface area contributed by atoms with Gasteiger partial charge in [-0.15, -0.1) is 0 Å². The molecule has 2 aliphatic heterocycles. The van der Waals surface area contributed by atoms with Crippen molar-refractivity contribution in [3.8, 4) is 0 Å². The second-order valence-electron chi connectivity index (χ2n) is 7.58. The summed E-state index contributed by atoms with van der Waals surface area (Å²) in [6.45, 7) is 7.69. The van der Waals surface area contributed by atoms with Crippen molar-refractivity contribution in [1.82, 2.24) is 15.1 Å². The van der Waals surface area contributed by atoms with E-state index in [2.05, 4.69) is 15.1 Å². The van der Waals surface area contributed by atoms with Crippen molar-refractivity contribution in [3.05, 3.63) is 0 Å². The molecule has 0 aromatic rings. The number of piperazine rings is 1. The molecular weight excluding hydrogens is 274 g/mol. The molecule has 0 aromatic heterocycles. The van der Waals surface area contributed by atoms with Crippen LogP contribution < -0.4 is 5.32 Å². The van der Waals surface area contributed by atoms with E-state index in [9.17, 15) is 4.79 Å². The Morgan fingerprint density at radius 3 is 2.23 bits per heavy atom. The zero-order chi connectivity index (χ0) is 15.2. The fourth-order valence-corrected chi connectivity index (χ4v) is 4.38. The Kier molecular flexibility index (Phi) is 6.13. The molecule has 1 N–H and O–H groups in total. The first-order chi connectivity index (χ1) is 10.8. The summed E-state index contributed by atoms with van der Waals surface area (Å²) in [6.07, 6.45) is 10.1. The molecule has 0 atom stereocenters. The van der Waals surface area contributed by atoms with Crippen molar-refractivity contribution in [3.63, 3.8) is 0 Å². The first-order valence-corrected chi connectivity index (χ1v) is 9.52. The molecule has 1 aliphatic carbocycles. The van der Waals surface area contributed by atoms with Gasteiger partial charge in [-0.2, -0.15) is 0 Å². The lowest BCUT2D eigenvalue weighted by Gasteiger charge is -2.38. The Labute approximate surface area is 135 Å². The van der Waals surface area contributed by atoms with Crippen LogP contribution >= 0.6 is 0 Å². The number of nitrogens with one attached hydrogen (secondary N) is 1. The maximum atomic E-state index is 12.5. The number of amides is 1. The van der Waals surface area contributed by atoms with Crippen molar-refractivity contribution < 1.29 is 4.79 Å². The van der Waals surface area contributed by atoms with Gasteiger partial charge >= 0.3 is 0 Å². The molecule has 2 heterocycles. The van der Waals surface area contributed by atoms with Gasteiger partial charge in [-0.25, -0.2) is 0 Å². The SMILES string of the molecule is O=C(CC1CCCCC1)N1CCN(CC2CCNCC2)CC1. The minimum absolute atomic E-state index is 0.424. The van der Waals surface area contributed by atoms with Crippen molar-refractivity contribution in [2.75, 3.05) is 45.8 Å². The van der Waals surface area contributed by atoms with Crippen LogP contribution in [0.5, 0.6) is 0 Å². The summed E-state index contributed by atoms with van der Waals surface area (Å²) in [7, 11) is 0. The first kappa shape index (κ1) is 16.3. The Hall–Kier alpha value is -0.610. The second-order valence-corrected chi connectivity index (χ2v) is 7.58. The highest BCUT2D eigenvalue weighted by atomic mass is 16.2. The second kappa shape index (κ2) is 8.30.